The minimum Gasteiger partial charge on any atom is -0.403 e. The predicted octanol–water partition coefficient (Wildman–Crippen LogP) is -0.223. The zero-order chi connectivity index (χ0) is 25.1. The summed E-state index contributed by atoms with van der Waals surface area (Å²) in [6.07, 6.45) is 3.00. The minimum absolute atomic E-state index is 0.183. The van der Waals surface area contributed by atoms with Gasteiger partial charge in [0.05, 0.1) is 18.1 Å². The largest absolute Gasteiger partial charge is 0.529 e. The number of rotatable bonds is 4. The van der Waals surface area contributed by atoms with Gasteiger partial charge in [-0.15, -0.1) is 6.42 Å². The van der Waals surface area contributed by atoms with E-state index in [4.69, 9.17) is 48.3 Å². The molecule has 10 nitrogen and oxygen atoms in total. The lowest BCUT2D eigenvalue weighted by Crippen LogP contribution is -2.56. The van der Waals surface area contributed by atoms with Crippen molar-refractivity contribution >= 4 is 31.4 Å². The highest BCUT2D eigenvalue weighted by Crippen LogP contribution is 2.59. The van der Waals surface area contributed by atoms with Gasteiger partial charge in [-0.3, -0.25) is 23.4 Å². The summed E-state index contributed by atoms with van der Waals surface area (Å²) in [5.41, 5.74) is -3.94. The normalized spacial score (nSPS) is 30.8. The number of halogens is 1. The van der Waals surface area contributed by atoms with Crippen molar-refractivity contribution in [2.75, 3.05) is 0 Å². The number of alkyl halides is 1. The van der Waals surface area contributed by atoms with Crippen molar-refractivity contribution < 1.29 is 32.4 Å². The Labute approximate surface area is 196 Å². The fraction of sp³-hybridized carbons (Fsp3) is 0.368. The molecule has 0 amide bonds. The molecule has 2 aliphatic heterocycles. The van der Waals surface area contributed by atoms with E-state index in [9.17, 15) is 19.3 Å². The van der Waals surface area contributed by atoms with Crippen LogP contribution in [0.25, 0.3) is 0 Å². The molecule has 1 fully saturated rings. The van der Waals surface area contributed by atoms with E-state index in [1.807, 2.05) is 10.9 Å². The lowest BCUT2D eigenvalue weighted by atomic mass is 9.60. The predicted molar refractivity (Wildman–Crippen MR) is 118 cm³/mol. The zero-order valence-electron chi connectivity index (χ0n) is 17.7. The number of ether oxygens (including phenoxy) is 1. The lowest BCUT2D eigenvalue weighted by molar-refractivity contribution is -0.219. The van der Waals surface area contributed by atoms with Crippen molar-refractivity contribution in [3.63, 3.8) is 0 Å². The molecule has 15 heteroatoms. The molecular formula is C19H15B3FN2O8P. The summed E-state index contributed by atoms with van der Waals surface area (Å²) in [6, 6.07) is 5.06. The van der Waals surface area contributed by atoms with Crippen LogP contribution in [-0.2, 0) is 30.6 Å². The molecule has 3 heterocycles. The van der Waals surface area contributed by atoms with Crippen molar-refractivity contribution in [1.29, 1.82) is 0 Å². The Hall–Kier alpha value is -2.55. The highest BCUT2D eigenvalue weighted by atomic mass is 31.2. The van der Waals surface area contributed by atoms with Gasteiger partial charge in [0, 0.05) is 18.2 Å². The van der Waals surface area contributed by atoms with Gasteiger partial charge in [0.2, 0.25) is 5.85 Å². The molecule has 4 rings (SSSR count). The molecule has 0 saturated carbocycles. The SMILES string of the molecule is [B]C([B])(OP1(=O)OCc2cccc(C)c2O1)[C@]1(F)C[C@@H](O)[C@]([B])(n2cc(C#C)c(=O)[nH]c2=O)O1. The van der Waals surface area contributed by atoms with Crippen LogP contribution in [0.1, 0.15) is 23.1 Å². The Balaban J connectivity index is 1.65. The first kappa shape index (κ1) is 24.6. The average molecular weight is 482 g/mol. The van der Waals surface area contributed by atoms with Crippen molar-refractivity contribution in [1.82, 2.24) is 9.55 Å². The van der Waals surface area contributed by atoms with Crippen molar-refractivity contribution in [3.8, 4) is 18.1 Å². The molecule has 4 atom stereocenters. The second-order valence-corrected chi connectivity index (χ2v) is 9.40. The molecule has 0 spiro atoms. The van der Waals surface area contributed by atoms with Gasteiger partial charge in [0.1, 0.15) is 40.5 Å². The van der Waals surface area contributed by atoms with Crippen LogP contribution in [0.3, 0.4) is 0 Å². The first-order chi connectivity index (χ1) is 15.7. The number of para-hydroxylation sites is 1. The number of aliphatic hydroxyl groups is 1. The molecule has 2 aromatic rings. The van der Waals surface area contributed by atoms with Crippen LogP contribution in [-0.4, -0.2) is 55.6 Å². The summed E-state index contributed by atoms with van der Waals surface area (Å²) in [5.74, 6) is -1.14. The number of phosphoric acid groups is 1. The number of hydrogen-bond donors (Lipinski definition) is 2. The lowest BCUT2D eigenvalue weighted by Gasteiger charge is -2.41. The van der Waals surface area contributed by atoms with Gasteiger partial charge in [0.25, 0.3) is 5.56 Å². The van der Waals surface area contributed by atoms with Crippen LogP contribution in [0.5, 0.6) is 5.75 Å². The second kappa shape index (κ2) is 8.00. The quantitative estimate of drug-likeness (QED) is 0.348. The van der Waals surface area contributed by atoms with Crippen LogP contribution >= 0.6 is 7.82 Å². The molecular weight excluding hydrogens is 467 g/mol. The molecule has 34 heavy (non-hydrogen) atoms. The maximum absolute atomic E-state index is 15.9. The summed E-state index contributed by atoms with van der Waals surface area (Å²) in [7, 11) is 13.0. The van der Waals surface area contributed by atoms with E-state index >= 15 is 4.39 Å². The van der Waals surface area contributed by atoms with Gasteiger partial charge >= 0.3 is 13.5 Å². The Kier molecular flexibility index (Phi) is 5.79. The molecule has 1 unspecified atom stereocenters. The van der Waals surface area contributed by atoms with E-state index in [2.05, 4.69) is 0 Å². The second-order valence-electron chi connectivity index (χ2n) is 7.88. The molecule has 1 aromatic carbocycles. The molecule has 0 aliphatic carbocycles. The van der Waals surface area contributed by atoms with E-state index in [0.717, 1.165) is 6.20 Å². The van der Waals surface area contributed by atoms with E-state index in [1.165, 1.54) is 0 Å². The number of nitrogens with one attached hydrogen (secondary N) is 1. The fourth-order valence-corrected chi connectivity index (χ4v) is 5.02. The number of aromatic nitrogens is 2. The minimum atomic E-state index is -4.59. The van der Waals surface area contributed by atoms with Gasteiger partial charge in [-0.1, -0.05) is 24.1 Å². The summed E-state index contributed by atoms with van der Waals surface area (Å²) in [5, 5.41) is 7.44. The average Bonchev–Trinajstić information content (AvgIpc) is 2.98. The van der Waals surface area contributed by atoms with Crippen molar-refractivity contribution in [2.24, 2.45) is 0 Å². The van der Waals surface area contributed by atoms with Crippen molar-refractivity contribution in [2.45, 2.75) is 42.9 Å². The van der Waals surface area contributed by atoms with Gasteiger partial charge in [0.15, 0.2) is 0 Å². The van der Waals surface area contributed by atoms with E-state index < -0.39 is 48.5 Å². The van der Waals surface area contributed by atoms with Gasteiger partial charge in [-0.2, -0.15) is 0 Å². The Bertz CT molecular complexity index is 1370. The fourth-order valence-electron chi connectivity index (χ4n) is 3.59. The van der Waals surface area contributed by atoms with Gasteiger partial charge in [-0.25, -0.2) is 13.8 Å². The number of terminal acetylenes is 1. The highest BCUT2D eigenvalue weighted by molar-refractivity contribution is 7.49. The Morgan fingerprint density at radius 3 is 2.82 bits per heavy atom. The highest BCUT2D eigenvalue weighted by Gasteiger charge is 2.63. The molecule has 2 aliphatic rings. The zero-order valence-corrected chi connectivity index (χ0v) is 18.6. The first-order valence-corrected chi connectivity index (χ1v) is 11.2. The standard InChI is InChI=1S/C19H15B3FN2O8P/c1-3-11-8-25(16(28)24-15(11)27)18(20)13(26)7-17(23,32-18)19(21,22)33-34(29)30-9-12-6-4-5-10(2)14(12)31-34/h1,4-6,8,13,26H,7,9H2,2H3,(H,24,27,28)/t13-,17+,18+,34?/m1/s1. The maximum Gasteiger partial charge on any atom is 0.529 e. The molecule has 1 saturated heterocycles. The summed E-state index contributed by atoms with van der Waals surface area (Å²) in [4.78, 5) is 25.9. The van der Waals surface area contributed by atoms with E-state index in [-0.39, 0.29) is 17.9 Å². The topological polar surface area (TPSA) is 129 Å². The molecule has 0 bridgehead atoms. The number of H-pyrrole nitrogens is 1. The Morgan fingerprint density at radius 2 is 2.15 bits per heavy atom. The number of phosphoric ester groups is 1. The number of aryl methyl sites for hydroxylation is 1. The molecule has 2 N–H and O–H groups in total. The number of benzene rings is 1. The number of aromatic amines is 1. The number of fused-ring (bicyclic) bond motifs is 1. The summed E-state index contributed by atoms with van der Waals surface area (Å²) in [6.45, 7) is 1.46. The number of nitrogens with zero attached hydrogens (tertiary/aromatic N) is 1. The number of hydrogen-bond acceptors (Lipinski definition) is 8. The molecule has 1 aromatic heterocycles. The Morgan fingerprint density at radius 1 is 1.44 bits per heavy atom. The van der Waals surface area contributed by atoms with Gasteiger partial charge in [-0.05, 0) is 12.5 Å². The summed E-state index contributed by atoms with van der Waals surface area (Å²) >= 11 is 0. The van der Waals surface area contributed by atoms with E-state index in [1.54, 1.807) is 25.1 Å². The van der Waals surface area contributed by atoms with Crippen LogP contribution in [0.2, 0.25) is 0 Å². The third-order valence-corrected chi connectivity index (χ3v) is 6.83. The van der Waals surface area contributed by atoms with E-state index in [0.29, 0.717) is 15.7 Å². The van der Waals surface area contributed by atoms with Crippen LogP contribution in [0, 0.1) is 19.3 Å². The third kappa shape index (κ3) is 3.87. The number of aliphatic hydroxyl groups excluding tert-OH is 1. The van der Waals surface area contributed by atoms with Crippen molar-refractivity contribution in [3.05, 3.63) is 61.9 Å². The third-order valence-electron chi connectivity index (χ3n) is 5.45. The van der Waals surface area contributed by atoms with Gasteiger partial charge < -0.3 is 14.4 Å². The van der Waals surface area contributed by atoms with Crippen LogP contribution in [0.15, 0.2) is 34.0 Å². The smallest absolute Gasteiger partial charge is 0.403 e. The van der Waals surface area contributed by atoms with Crippen LogP contribution in [0.4, 0.5) is 4.39 Å². The molecule has 170 valence electrons. The first-order valence-electron chi connectivity index (χ1n) is 9.74. The molecule has 6 radical (unpaired) electrons. The maximum atomic E-state index is 15.9. The van der Waals surface area contributed by atoms with Crippen LogP contribution < -0.4 is 15.8 Å². The summed E-state index contributed by atoms with van der Waals surface area (Å²) < 4.78 is 50.1. The monoisotopic (exact) mass is 482 g/mol.